The number of carbonyl (C=O) groups is 3. The molecule has 2 aliphatic rings. The maximum Gasteiger partial charge on any atom is 0.332 e. The molecular formula is C21H24FN5O3. The van der Waals surface area contributed by atoms with Gasteiger partial charge in [-0.15, -0.1) is 0 Å². The van der Waals surface area contributed by atoms with Crippen LogP contribution in [-0.2, 0) is 11.3 Å². The van der Waals surface area contributed by atoms with Gasteiger partial charge in [0.1, 0.15) is 17.6 Å². The highest BCUT2D eigenvalue weighted by molar-refractivity contribution is 6.21. The van der Waals surface area contributed by atoms with E-state index in [-0.39, 0.29) is 12.5 Å². The zero-order valence-corrected chi connectivity index (χ0v) is 17.2. The quantitative estimate of drug-likeness (QED) is 0.724. The van der Waals surface area contributed by atoms with Crippen molar-refractivity contribution < 1.29 is 18.8 Å². The number of urea groups is 1. The van der Waals surface area contributed by atoms with E-state index in [4.69, 9.17) is 0 Å². The van der Waals surface area contributed by atoms with Crippen LogP contribution < -0.4 is 4.90 Å². The van der Waals surface area contributed by atoms with Crippen molar-refractivity contribution in [2.75, 3.05) is 24.5 Å². The van der Waals surface area contributed by atoms with Crippen LogP contribution in [0.5, 0.6) is 0 Å². The molecule has 1 unspecified atom stereocenters. The van der Waals surface area contributed by atoms with Crippen LogP contribution in [0.1, 0.15) is 31.3 Å². The summed E-state index contributed by atoms with van der Waals surface area (Å²) in [5, 5.41) is 4.16. The minimum Gasteiger partial charge on any atom is -0.334 e. The standard InChI is InChI=1S/C21H24FN5O3/c1-4-26-16(9-10-23-26)18(28)24-11-17-19(29)27(15-7-5-14(22)6-8-15)20(30)25(17)13-21(2,3)12-24/h5-10,17H,4,11-13H2,1-3H3. The number of aromatic nitrogens is 2. The Morgan fingerprint density at radius 3 is 2.53 bits per heavy atom. The fourth-order valence-corrected chi connectivity index (χ4v) is 4.20. The molecule has 1 aromatic carbocycles. The van der Waals surface area contributed by atoms with Crippen LogP contribution in [0.4, 0.5) is 14.9 Å². The van der Waals surface area contributed by atoms with Crippen LogP contribution in [0.15, 0.2) is 36.5 Å². The average Bonchev–Trinajstić information content (AvgIpc) is 3.21. The first-order valence-electron chi connectivity index (χ1n) is 9.93. The summed E-state index contributed by atoms with van der Waals surface area (Å²) < 4.78 is 14.9. The molecule has 2 saturated heterocycles. The number of aryl methyl sites for hydroxylation is 1. The molecule has 3 heterocycles. The first-order valence-corrected chi connectivity index (χ1v) is 9.93. The fourth-order valence-electron chi connectivity index (χ4n) is 4.20. The molecule has 8 nitrogen and oxygen atoms in total. The summed E-state index contributed by atoms with van der Waals surface area (Å²) in [7, 11) is 0. The van der Waals surface area contributed by atoms with Gasteiger partial charge in [-0.3, -0.25) is 14.3 Å². The zero-order valence-electron chi connectivity index (χ0n) is 17.2. The Kier molecular flexibility index (Phi) is 4.83. The number of rotatable bonds is 3. The summed E-state index contributed by atoms with van der Waals surface area (Å²) in [6.45, 7) is 7.21. The van der Waals surface area contributed by atoms with Crippen LogP contribution >= 0.6 is 0 Å². The van der Waals surface area contributed by atoms with Crippen molar-refractivity contribution in [2.45, 2.75) is 33.4 Å². The molecule has 0 bridgehead atoms. The number of hydrogen-bond donors (Lipinski definition) is 0. The molecule has 1 aromatic heterocycles. The summed E-state index contributed by atoms with van der Waals surface area (Å²) in [4.78, 5) is 43.8. The summed E-state index contributed by atoms with van der Waals surface area (Å²) in [5.74, 6) is -1.08. The van der Waals surface area contributed by atoms with E-state index in [0.717, 1.165) is 4.90 Å². The van der Waals surface area contributed by atoms with E-state index in [2.05, 4.69) is 5.10 Å². The molecule has 2 fully saturated rings. The largest absolute Gasteiger partial charge is 0.334 e. The molecule has 2 aliphatic heterocycles. The normalized spacial score (nSPS) is 21.1. The average molecular weight is 413 g/mol. The summed E-state index contributed by atoms with van der Waals surface area (Å²) in [6.07, 6.45) is 1.58. The Bertz CT molecular complexity index is 1000. The topological polar surface area (TPSA) is 78.8 Å². The molecule has 1 atom stereocenters. The third kappa shape index (κ3) is 3.34. The number of anilines is 1. The lowest BCUT2D eigenvalue weighted by Crippen LogP contribution is -2.44. The highest BCUT2D eigenvalue weighted by Gasteiger charge is 2.51. The Balaban J connectivity index is 1.67. The van der Waals surface area contributed by atoms with Crippen molar-refractivity contribution in [3.63, 3.8) is 0 Å². The van der Waals surface area contributed by atoms with Crippen molar-refractivity contribution in [1.29, 1.82) is 0 Å². The van der Waals surface area contributed by atoms with Gasteiger partial charge in [0.25, 0.3) is 11.8 Å². The molecule has 4 amide bonds. The van der Waals surface area contributed by atoms with Gasteiger partial charge in [-0.1, -0.05) is 13.8 Å². The van der Waals surface area contributed by atoms with Crippen molar-refractivity contribution in [3.8, 4) is 0 Å². The number of nitrogens with zero attached hydrogens (tertiary/aromatic N) is 5. The minimum absolute atomic E-state index is 0.0967. The Hall–Kier alpha value is -3.23. The molecule has 2 aromatic rings. The van der Waals surface area contributed by atoms with Crippen molar-refractivity contribution in [3.05, 3.63) is 48.0 Å². The van der Waals surface area contributed by atoms with Crippen LogP contribution in [0.2, 0.25) is 0 Å². The van der Waals surface area contributed by atoms with Crippen molar-refractivity contribution in [1.82, 2.24) is 19.6 Å². The second-order valence-electron chi connectivity index (χ2n) is 8.46. The van der Waals surface area contributed by atoms with Crippen LogP contribution in [-0.4, -0.2) is 63.1 Å². The monoisotopic (exact) mass is 413 g/mol. The Morgan fingerprint density at radius 1 is 1.17 bits per heavy atom. The van der Waals surface area contributed by atoms with E-state index >= 15 is 0 Å². The number of halogens is 1. The van der Waals surface area contributed by atoms with E-state index in [0.29, 0.717) is 31.0 Å². The van der Waals surface area contributed by atoms with E-state index in [1.807, 2.05) is 20.8 Å². The fraction of sp³-hybridized carbons (Fsp3) is 0.429. The molecule has 30 heavy (non-hydrogen) atoms. The Morgan fingerprint density at radius 2 is 1.87 bits per heavy atom. The lowest BCUT2D eigenvalue weighted by Gasteiger charge is -2.30. The van der Waals surface area contributed by atoms with Crippen molar-refractivity contribution in [2.24, 2.45) is 5.41 Å². The van der Waals surface area contributed by atoms with E-state index in [1.165, 1.54) is 29.2 Å². The van der Waals surface area contributed by atoms with Gasteiger partial charge in [-0.05, 0) is 37.3 Å². The third-order valence-electron chi connectivity index (χ3n) is 5.54. The predicted octanol–water partition coefficient (Wildman–Crippen LogP) is 2.36. The molecule has 0 aliphatic carbocycles. The number of benzene rings is 1. The summed E-state index contributed by atoms with van der Waals surface area (Å²) >= 11 is 0. The molecule has 9 heteroatoms. The van der Waals surface area contributed by atoms with E-state index in [1.54, 1.807) is 21.8 Å². The number of hydrogen-bond acceptors (Lipinski definition) is 4. The lowest BCUT2D eigenvalue weighted by atomic mass is 9.92. The maximum absolute atomic E-state index is 13.3. The first-order chi connectivity index (χ1) is 14.2. The number of imide groups is 1. The van der Waals surface area contributed by atoms with Crippen LogP contribution in [0, 0.1) is 11.2 Å². The van der Waals surface area contributed by atoms with Gasteiger partial charge < -0.3 is 9.80 Å². The van der Waals surface area contributed by atoms with Crippen LogP contribution in [0.3, 0.4) is 0 Å². The molecule has 0 radical (unpaired) electrons. The van der Waals surface area contributed by atoms with Gasteiger partial charge in [0, 0.05) is 31.2 Å². The zero-order chi connectivity index (χ0) is 21.6. The van der Waals surface area contributed by atoms with E-state index in [9.17, 15) is 18.8 Å². The molecule has 0 N–H and O–H groups in total. The summed E-state index contributed by atoms with van der Waals surface area (Å²) in [5.41, 5.74) is 0.351. The SMILES string of the molecule is CCn1nccc1C(=O)N1CC2C(=O)N(c3ccc(F)cc3)C(=O)N2CC(C)(C)C1. The van der Waals surface area contributed by atoms with Gasteiger partial charge in [0.2, 0.25) is 0 Å². The van der Waals surface area contributed by atoms with E-state index < -0.39 is 29.2 Å². The number of amides is 4. The summed E-state index contributed by atoms with van der Waals surface area (Å²) in [6, 6.07) is 5.67. The molecule has 0 spiro atoms. The minimum atomic E-state index is -0.786. The van der Waals surface area contributed by atoms with Crippen LogP contribution in [0.25, 0.3) is 0 Å². The lowest BCUT2D eigenvalue weighted by molar-refractivity contribution is -0.119. The Labute approximate surface area is 173 Å². The van der Waals surface area contributed by atoms with Gasteiger partial charge >= 0.3 is 6.03 Å². The van der Waals surface area contributed by atoms with Gasteiger partial charge in [0.15, 0.2) is 0 Å². The van der Waals surface area contributed by atoms with Gasteiger partial charge in [-0.25, -0.2) is 14.1 Å². The smallest absolute Gasteiger partial charge is 0.332 e. The predicted molar refractivity (Wildman–Crippen MR) is 107 cm³/mol. The second kappa shape index (κ2) is 7.23. The van der Waals surface area contributed by atoms with Crippen molar-refractivity contribution >= 4 is 23.5 Å². The number of carbonyl (C=O) groups excluding carboxylic acids is 3. The third-order valence-corrected chi connectivity index (χ3v) is 5.54. The first kappa shape index (κ1) is 20.1. The highest BCUT2D eigenvalue weighted by atomic mass is 19.1. The second-order valence-corrected chi connectivity index (χ2v) is 8.46. The molecule has 158 valence electrons. The molecule has 0 saturated carbocycles. The highest BCUT2D eigenvalue weighted by Crippen LogP contribution is 2.33. The maximum atomic E-state index is 13.3. The number of fused-ring (bicyclic) bond motifs is 1. The van der Waals surface area contributed by atoms with Gasteiger partial charge in [0.05, 0.1) is 12.2 Å². The molecular weight excluding hydrogens is 389 g/mol. The molecule has 4 rings (SSSR count). The van der Waals surface area contributed by atoms with Gasteiger partial charge in [-0.2, -0.15) is 5.10 Å².